The van der Waals surface area contributed by atoms with Gasteiger partial charge in [-0.05, 0) is 25.1 Å². The molecule has 128 valence electrons. The number of benzene rings is 2. The molecule has 6 nitrogen and oxygen atoms in total. The number of rotatable bonds is 6. The summed E-state index contributed by atoms with van der Waals surface area (Å²) >= 11 is 0. The molecular formula is C18H16FN3O3. The number of ether oxygens (including phenoxy) is 1. The van der Waals surface area contributed by atoms with Gasteiger partial charge in [0.25, 0.3) is 5.91 Å². The van der Waals surface area contributed by atoms with Crippen LogP contribution in [0.4, 0.5) is 4.39 Å². The first-order chi connectivity index (χ1) is 12.1. The minimum absolute atomic E-state index is 0.0252. The van der Waals surface area contributed by atoms with Crippen molar-refractivity contribution in [2.24, 2.45) is 0 Å². The fraction of sp³-hybridized carbons (Fsp3) is 0.167. The van der Waals surface area contributed by atoms with Crippen molar-refractivity contribution in [1.29, 1.82) is 0 Å². The van der Waals surface area contributed by atoms with E-state index >= 15 is 0 Å². The molecule has 0 aliphatic carbocycles. The van der Waals surface area contributed by atoms with E-state index in [1.165, 1.54) is 12.1 Å². The Balaban J connectivity index is 1.52. The fourth-order valence-electron chi connectivity index (χ4n) is 2.16. The molecule has 1 N–H and O–H groups in total. The number of amides is 1. The van der Waals surface area contributed by atoms with Gasteiger partial charge in [-0.3, -0.25) is 4.79 Å². The van der Waals surface area contributed by atoms with Crippen molar-refractivity contribution in [2.75, 3.05) is 6.61 Å². The molecule has 0 saturated carbocycles. The number of aryl methyl sites for hydroxylation is 1. The predicted molar refractivity (Wildman–Crippen MR) is 88.2 cm³/mol. The Kier molecular flexibility index (Phi) is 5.03. The molecule has 0 aliphatic heterocycles. The number of hydrogen-bond acceptors (Lipinski definition) is 5. The molecule has 0 aliphatic rings. The van der Waals surface area contributed by atoms with E-state index in [1.807, 2.05) is 31.2 Å². The molecule has 0 unspecified atom stereocenters. The maximum Gasteiger partial charge on any atom is 0.258 e. The van der Waals surface area contributed by atoms with Crippen LogP contribution in [0.1, 0.15) is 11.5 Å². The van der Waals surface area contributed by atoms with Gasteiger partial charge < -0.3 is 14.6 Å². The maximum absolute atomic E-state index is 13.4. The topological polar surface area (TPSA) is 77.2 Å². The zero-order valence-electron chi connectivity index (χ0n) is 13.5. The fourth-order valence-corrected chi connectivity index (χ4v) is 2.16. The molecule has 1 heterocycles. The van der Waals surface area contributed by atoms with E-state index < -0.39 is 11.7 Å². The lowest BCUT2D eigenvalue weighted by Crippen LogP contribution is -2.28. The Bertz CT molecular complexity index is 879. The summed E-state index contributed by atoms with van der Waals surface area (Å²) in [5, 5.41) is 6.47. The summed E-state index contributed by atoms with van der Waals surface area (Å²) in [4.78, 5) is 16.0. The van der Waals surface area contributed by atoms with Crippen LogP contribution in [-0.4, -0.2) is 22.7 Å². The Morgan fingerprint density at radius 2 is 2.08 bits per heavy atom. The molecule has 0 spiro atoms. The van der Waals surface area contributed by atoms with Crippen LogP contribution in [-0.2, 0) is 11.3 Å². The second-order valence-electron chi connectivity index (χ2n) is 5.38. The molecule has 0 radical (unpaired) electrons. The number of nitrogens with one attached hydrogen (secondary N) is 1. The third-order valence-corrected chi connectivity index (χ3v) is 3.38. The lowest BCUT2D eigenvalue weighted by Gasteiger charge is -2.06. The zero-order valence-corrected chi connectivity index (χ0v) is 13.5. The minimum Gasteiger partial charge on any atom is -0.481 e. The summed E-state index contributed by atoms with van der Waals surface area (Å²) in [5.74, 6) is -0.183. The Hall–Kier alpha value is -3.22. The van der Waals surface area contributed by atoms with Crippen molar-refractivity contribution in [3.63, 3.8) is 0 Å². The van der Waals surface area contributed by atoms with E-state index in [0.29, 0.717) is 5.82 Å². The van der Waals surface area contributed by atoms with Crippen molar-refractivity contribution in [1.82, 2.24) is 15.5 Å². The molecule has 3 aromatic rings. The van der Waals surface area contributed by atoms with Crippen LogP contribution in [0.25, 0.3) is 11.4 Å². The molecule has 25 heavy (non-hydrogen) atoms. The van der Waals surface area contributed by atoms with Gasteiger partial charge in [-0.1, -0.05) is 41.1 Å². The average Bonchev–Trinajstić information content (AvgIpc) is 3.08. The molecule has 0 saturated heterocycles. The maximum atomic E-state index is 13.4. The number of nitrogens with zero attached hydrogens (tertiary/aromatic N) is 2. The SMILES string of the molecule is Cc1cccc(-c2noc(CNC(=O)COc3ccccc3F)n2)c1. The van der Waals surface area contributed by atoms with Gasteiger partial charge >= 0.3 is 0 Å². The predicted octanol–water partition coefficient (Wildman–Crippen LogP) is 2.88. The molecule has 7 heteroatoms. The van der Waals surface area contributed by atoms with E-state index in [4.69, 9.17) is 9.26 Å². The lowest BCUT2D eigenvalue weighted by molar-refractivity contribution is -0.123. The second-order valence-corrected chi connectivity index (χ2v) is 5.38. The van der Waals surface area contributed by atoms with Crippen LogP contribution < -0.4 is 10.1 Å². The summed E-state index contributed by atoms with van der Waals surface area (Å²) < 4.78 is 23.6. The van der Waals surface area contributed by atoms with Gasteiger partial charge in [-0.25, -0.2) is 4.39 Å². The molecule has 1 amide bonds. The number of hydrogen-bond donors (Lipinski definition) is 1. The first kappa shape index (κ1) is 16.6. The van der Waals surface area contributed by atoms with Crippen LogP contribution in [0.15, 0.2) is 53.1 Å². The summed E-state index contributed by atoms with van der Waals surface area (Å²) in [6, 6.07) is 13.6. The van der Waals surface area contributed by atoms with E-state index in [0.717, 1.165) is 11.1 Å². The number of halogens is 1. The smallest absolute Gasteiger partial charge is 0.258 e. The summed E-state index contributed by atoms with van der Waals surface area (Å²) in [7, 11) is 0. The molecule has 0 atom stereocenters. The van der Waals surface area contributed by atoms with E-state index in [2.05, 4.69) is 15.5 Å². The van der Waals surface area contributed by atoms with Crippen molar-refractivity contribution in [2.45, 2.75) is 13.5 Å². The van der Waals surface area contributed by atoms with E-state index in [-0.39, 0.29) is 24.8 Å². The van der Waals surface area contributed by atoms with Crippen molar-refractivity contribution in [3.8, 4) is 17.1 Å². The second kappa shape index (κ2) is 7.57. The van der Waals surface area contributed by atoms with Crippen molar-refractivity contribution < 1.29 is 18.4 Å². The molecule has 0 bridgehead atoms. The van der Waals surface area contributed by atoms with Gasteiger partial charge in [-0.2, -0.15) is 4.98 Å². The van der Waals surface area contributed by atoms with E-state index in [9.17, 15) is 9.18 Å². The van der Waals surface area contributed by atoms with E-state index in [1.54, 1.807) is 12.1 Å². The number of aromatic nitrogens is 2. The Morgan fingerprint density at radius 3 is 2.88 bits per heavy atom. The highest BCUT2D eigenvalue weighted by molar-refractivity contribution is 5.77. The highest BCUT2D eigenvalue weighted by Gasteiger charge is 2.11. The molecule has 0 fully saturated rings. The summed E-state index contributed by atoms with van der Waals surface area (Å²) in [6.45, 7) is 1.73. The first-order valence-corrected chi connectivity index (χ1v) is 7.65. The number of carbonyl (C=O) groups excluding carboxylic acids is 1. The van der Waals surface area contributed by atoms with Gasteiger partial charge in [0.1, 0.15) is 0 Å². The summed E-state index contributed by atoms with van der Waals surface area (Å²) in [6.07, 6.45) is 0. The molecule has 1 aromatic heterocycles. The van der Waals surface area contributed by atoms with Crippen LogP contribution in [0, 0.1) is 12.7 Å². The number of carbonyl (C=O) groups is 1. The average molecular weight is 341 g/mol. The Labute approximate surface area is 143 Å². The van der Waals surface area contributed by atoms with Gasteiger partial charge in [0, 0.05) is 5.56 Å². The monoisotopic (exact) mass is 341 g/mol. The van der Waals surface area contributed by atoms with Crippen LogP contribution in [0.5, 0.6) is 5.75 Å². The van der Waals surface area contributed by atoms with Crippen molar-refractivity contribution >= 4 is 5.91 Å². The highest BCUT2D eigenvalue weighted by atomic mass is 19.1. The van der Waals surface area contributed by atoms with Gasteiger partial charge in [0.2, 0.25) is 11.7 Å². The van der Waals surface area contributed by atoms with Crippen LogP contribution >= 0.6 is 0 Å². The van der Waals surface area contributed by atoms with Gasteiger partial charge in [0.15, 0.2) is 18.2 Å². The van der Waals surface area contributed by atoms with Crippen molar-refractivity contribution in [3.05, 3.63) is 65.8 Å². The summed E-state index contributed by atoms with van der Waals surface area (Å²) in [5.41, 5.74) is 1.92. The third-order valence-electron chi connectivity index (χ3n) is 3.38. The van der Waals surface area contributed by atoms with Crippen LogP contribution in [0.2, 0.25) is 0 Å². The molecule has 3 rings (SSSR count). The zero-order chi connectivity index (χ0) is 17.6. The largest absolute Gasteiger partial charge is 0.481 e. The molecular weight excluding hydrogens is 325 g/mol. The third kappa shape index (κ3) is 4.41. The standard InChI is InChI=1S/C18H16FN3O3/c1-12-5-4-6-13(9-12)18-21-17(25-22-18)10-20-16(23)11-24-15-8-3-2-7-14(15)19/h2-9H,10-11H2,1H3,(H,20,23). The quantitative estimate of drug-likeness (QED) is 0.746. The number of para-hydroxylation sites is 1. The van der Waals surface area contributed by atoms with Gasteiger partial charge in [0.05, 0.1) is 6.54 Å². The van der Waals surface area contributed by atoms with Gasteiger partial charge in [-0.15, -0.1) is 0 Å². The van der Waals surface area contributed by atoms with Crippen LogP contribution in [0.3, 0.4) is 0 Å². The normalized spacial score (nSPS) is 10.5. The highest BCUT2D eigenvalue weighted by Crippen LogP contribution is 2.17. The first-order valence-electron chi connectivity index (χ1n) is 7.65. The molecule has 2 aromatic carbocycles. The lowest BCUT2D eigenvalue weighted by atomic mass is 10.1. The Morgan fingerprint density at radius 1 is 1.24 bits per heavy atom. The minimum atomic E-state index is -0.519.